The Morgan fingerprint density at radius 1 is 1.03 bits per heavy atom. The Bertz CT molecular complexity index is 972. The van der Waals surface area contributed by atoms with Crippen LogP contribution in [0, 0.1) is 5.41 Å². The highest BCUT2D eigenvalue weighted by Gasteiger charge is 2.30. The molecule has 0 radical (unpaired) electrons. The van der Waals surface area contributed by atoms with E-state index < -0.39 is 23.5 Å². The van der Waals surface area contributed by atoms with Crippen LogP contribution in [0.3, 0.4) is 0 Å². The number of rotatable bonds is 10. The largest absolute Gasteiger partial charge is 0.481 e. The first kappa shape index (κ1) is 24.3. The van der Waals surface area contributed by atoms with Crippen LogP contribution in [0.4, 0.5) is 4.79 Å². The minimum atomic E-state index is -0.920. The van der Waals surface area contributed by atoms with E-state index in [2.05, 4.69) is 22.8 Å². The van der Waals surface area contributed by atoms with E-state index in [1.165, 1.54) is 0 Å². The van der Waals surface area contributed by atoms with Crippen molar-refractivity contribution < 1.29 is 24.2 Å². The summed E-state index contributed by atoms with van der Waals surface area (Å²) in [6.07, 6.45) is 0.441. The molecule has 2 aromatic carbocycles. The highest BCUT2D eigenvalue weighted by atomic mass is 16.5. The Morgan fingerprint density at radius 2 is 1.61 bits per heavy atom. The third-order valence-corrected chi connectivity index (χ3v) is 5.90. The summed E-state index contributed by atoms with van der Waals surface area (Å²) < 4.78 is 5.56. The van der Waals surface area contributed by atoms with Gasteiger partial charge in [0.25, 0.3) is 0 Å². The Morgan fingerprint density at radius 3 is 2.15 bits per heavy atom. The maximum atomic E-state index is 12.7. The summed E-state index contributed by atoms with van der Waals surface area (Å²) >= 11 is 0. The molecule has 0 fully saturated rings. The van der Waals surface area contributed by atoms with Crippen molar-refractivity contribution in [3.05, 3.63) is 59.7 Å². The van der Waals surface area contributed by atoms with Crippen LogP contribution in [0.1, 0.15) is 57.1 Å². The predicted molar refractivity (Wildman–Crippen MR) is 126 cm³/mol. The number of carboxylic acids is 1. The second-order valence-corrected chi connectivity index (χ2v) is 9.26. The number of hydrogen-bond acceptors (Lipinski definition) is 4. The van der Waals surface area contributed by atoms with Gasteiger partial charge in [-0.25, -0.2) is 4.79 Å². The Kier molecular flexibility index (Phi) is 7.74. The van der Waals surface area contributed by atoms with Gasteiger partial charge in [0.1, 0.15) is 12.6 Å². The van der Waals surface area contributed by atoms with Gasteiger partial charge in [0.15, 0.2) is 0 Å². The zero-order valence-electron chi connectivity index (χ0n) is 19.4. The normalized spacial score (nSPS) is 13.5. The van der Waals surface area contributed by atoms with Crippen LogP contribution in [0.25, 0.3) is 11.1 Å². The van der Waals surface area contributed by atoms with Crippen LogP contribution >= 0.6 is 0 Å². The molecule has 0 aromatic heterocycles. The van der Waals surface area contributed by atoms with E-state index in [9.17, 15) is 14.4 Å². The topological polar surface area (TPSA) is 105 Å². The molecule has 33 heavy (non-hydrogen) atoms. The molecule has 0 saturated carbocycles. The number of fused-ring (bicyclic) bond motifs is 3. The van der Waals surface area contributed by atoms with Gasteiger partial charge in [0.2, 0.25) is 5.91 Å². The SMILES string of the molecule is CCC[C@@H](NC(=O)OCC1c2ccccc2-c2ccccc21)C(=O)NCC(C)(C)CC(=O)O. The van der Waals surface area contributed by atoms with Crippen LogP contribution in [0.15, 0.2) is 48.5 Å². The van der Waals surface area contributed by atoms with Gasteiger partial charge >= 0.3 is 12.1 Å². The predicted octanol–water partition coefficient (Wildman–Crippen LogP) is 4.31. The van der Waals surface area contributed by atoms with Crippen molar-refractivity contribution in [1.29, 1.82) is 0 Å². The van der Waals surface area contributed by atoms with E-state index in [0.717, 1.165) is 22.3 Å². The van der Waals surface area contributed by atoms with Crippen LogP contribution in [-0.4, -0.2) is 42.3 Å². The molecular weight excluding hydrogens is 420 g/mol. The lowest BCUT2D eigenvalue weighted by Gasteiger charge is -2.25. The lowest BCUT2D eigenvalue weighted by molar-refractivity contribution is -0.139. The van der Waals surface area contributed by atoms with E-state index in [0.29, 0.717) is 12.8 Å². The summed E-state index contributed by atoms with van der Waals surface area (Å²) in [7, 11) is 0. The number of carboxylic acid groups (broad SMARTS) is 1. The molecule has 3 rings (SSSR count). The monoisotopic (exact) mass is 452 g/mol. The fourth-order valence-corrected chi connectivity index (χ4v) is 4.26. The molecule has 0 unspecified atom stereocenters. The van der Waals surface area contributed by atoms with Crippen molar-refractivity contribution in [2.75, 3.05) is 13.2 Å². The molecule has 3 N–H and O–H groups in total. The average molecular weight is 453 g/mol. The van der Waals surface area contributed by atoms with Crippen molar-refractivity contribution in [1.82, 2.24) is 10.6 Å². The molecule has 0 saturated heterocycles. The van der Waals surface area contributed by atoms with Gasteiger partial charge in [-0.05, 0) is 34.1 Å². The highest BCUT2D eigenvalue weighted by molar-refractivity contribution is 5.85. The van der Waals surface area contributed by atoms with Crippen LogP contribution in [0.2, 0.25) is 0 Å². The molecule has 1 atom stereocenters. The number of carbonyl (C=O) groups excluding carboxylic acids is 2. The van der Waals surface area contributed by atoms with Crippen molar-refractivity contribution >= 4 is 18.0 Å². The number of alkyl carbamates (subject to hydrolysis) is 1. The minimum absolute atomic E-state index is 0.0570. The molecular formula is C26H32N2O5. The van der Waals surface area contributed by atoms with Crippen LogP contribution in [0.5, 0.6) is 0 Å². The van der Waals surface area contributed by atoms with Crippen LogP contribution < -0.4 is 10.6 Å². The zero-order valence-corrected chi connectivity index (χ0v) is 19.4. The second-order valence-electron chi connectivity index (χ2n) is 9.26. The fourth-order valence-electron chi connectivity index (χ4n) is 4.26. The van der Waals surface area contributed by atoms with Gasteiger partial charge in [0, 0.05) is 12.5 Å². The lowest BCUT2D eigenvalue weighted by atomic mass is 9.89. The maximum Gasteiger partial charge on any atom is 0.407 e. The molecule has 2 amide bonds. The first-order chi connectivity index (χ1) is 15.7. The smallest absolute Gasteiger partial charge is 0.407 e. The third-order valence-electron chi connectivity index (χ3n) is 5.90. The summed E-state index contributed by atoms with van der Waals surface area (Å²) in [6.45, 7) is 5.84. The summed E-state index contributed by atoms with van der Waals surface area (Å²) in [4.78, 5) is 36.2. The summed E-state index contributed by atoms with van der Waals surface area (Å²) in [5.41, 5.74) is 3.94. The van der Waals surface area contributed by atoms with E-state index in [-0.39, 0.29) is 31.4 Å². The number of benzene rings is 2. The Labute approximate surface area is 194 Å². The summed E-state index contributed by atoms with van der Waals surface area (Å²) in [5.74, 6) is -1.32. The molecule has 0 bridgehead atoms. The standard InChI is InChI=1S/C26H32N2O5/c1-4-9-22(24(31)27-16-26(2,3)14-23(29)30)28-25(32)33-15-21-19-12-7-5-10-17(19)18-11-6-8-13-20(18)21/h5-8,10-13,21-22H,4,9,14-16H2,1-3H3,(H,27,31)(H,28,32)(H,29,30)/t22-/m1/s1. The number of amides is 2. The highest BCUT2D eigenvalue weighted by Crippen LogP contribution is 2.44. The van der Waals surface area contributed by atoms with Crippen molar-refractivity contribution in [2.24, 2.45) is 5.41 Å². The summed E-state index contributed by atoms with van der Waals surface area (Å²) in [6, 6.07) is 15.4. The third kappa shape index (κ3) is 6.12. The van der Waals surface area contributed by atoms with E-state index >= 15 is 0 Å². The second kappa shape index (κ2) is 10.5. The summed E-state index contributed by atoms with van der Waals surface area (Å²) in [5, 5.41) is 14.5. The minimum Gasteiger partial charge on any atom is -0.481 e. The van der Waals surface area contributed by atoms with Gasteiger partial charge < -0.3 is 20.5 Å². The first-order valence-corrected chi connectivity index (χ1v) is 11.3. The zero-order chi connectivity index (χ0) is 24.0. The molecule has 7 nitrogen and oxygen atoms in total. The van der Waals surface area contributed by atoms with Gasteiger partial charge in [-0.15, -0.1) is 0 Å². The molecule has 0 aliphatic heterocycles. The van der Waals surface area contributed by atoms with Gasteiger partial charge in [-0.2, -0.15) is 0 Å². The lowest BCUT2D eigenvalue weighted by Crippen LogP contribution is -2.49. The molecule has 0 spiro atoms. The number of hydrogen-bond donors (Lipinski definition) is 3. The molecule has 2 aromatic rings. The Balaban J connectivity index is 1.59. The fraction of sp³-hybridized carbons (Fsp3) is 0.423. The number of ether oxygens (including phenoxy) is 1. The number of carbonyl (C=O) groups is 3. The van der Waals surface area contributed by atoms with E-state index in [1.54, 1.807) is 13.8 Å². The molecule has 176 valence electrons. The van der Waals surface area contributed by atoms with Crippen molar-refractivity contribution in [2.45, 2.75) is 52.0 Å². The van der Waals surface area contributed by atoms with Gasteiger partial charge in [-0.1, -0.05) is 75.7 Å². The van der Waals surface area contributed by atoms with Crippen molar-refractivity contribution in [3.8, 4) is 11.1 Å². The van der Waals surface area contributed by atoms with Crippen molar-refractivity contribution in [3.63, 3.8) is 0 Å². The molecule has 1 aliphatic rings. The molecule has 0 heterocycles. The molecule has 7 heteroatoms. The Hall–Kier alpha value is -3.35. The van der Waals surface area contributed by atoms with Gasteiger partial charge in [-0.3, -0.25) is 9.59 Å². The van der Waals surface area contributed by atoms with E-state index in [1.807, 2.05) is 43.3 Å². The van der Waals surface area contributed by atoms with Gasteiger partial charge in [0.05, 0.1) is 6.42 Å². The van der Waals surface area contributed by atoms with E-state index in [4.69, 9.17) is 9.84 Å². The maximum absolute atomic E-state index is 12.7. The van der Waals surface area contributed by atoms with Crippen LogP contribution in [-0.2, 0) is 14.3 Å². The quantitative estimate of drug-likeness (QED) is 0.498. The number of aliphatic carboxylic acids is 1. The molecule has 1 aliphatic carbocycles. The average Bonchev–Trinajstić information content (AvgIpc) is 3.09. The number of nitrogens with one attached hydrogen (secondary N) is 2. The first-order valence-electron chi connectivity index (χ1n) is 11.3.